The fourth-order valence-electron chi connectivity index (χ4n) is 2.06. The summed E-state index contributed by atoms with van der Waals surface area (Å²) in [4.78, 5) is 14.7. The van der Waals surface area contributed by atoms with Crippen molar-refractivity contribution in [3.8, 4) is 0 Å². The largest absolute Gasteiger partial charge is 0.481 e. The van der Waals surface area contributed by atoms with E-state index in [9.17, 15) is 4.79 Å². The molecule has 1 aliphatic rings. The van der Waals surface area contributed by atoms with Crippen LogP contribution in [0.3, 0.4) is 0 Å². The zero-order chi connectivity index (χ0) is 10.7. The highest BCUT2D eigenvalue weighted by molar-refractivity contribution is 5.67. The average Bonchev–Trinajstić information content (AvgIpc) is 2.69. The minimum Gasteiger partial charge on any atom is -0.481 e. The Bertz CT molecular complexity index is 323. The zero-order valence-corrected chi connectivity index (χ0v) is 8.35. The Balaban J connectivity index is 1.95. The minimum absolute atomic E-state index is 0.0537. The Morgan fingerprint density at radius 3 is 3.27 bits per heavy atom. The number of rotatable bonds is 3. The van der Waals surface area contributed by atoms with Gasteiger partial charge in [0.05, 0.1) is 12.1 Å². The van der Waals surface area contributed by atoms with E-state index in [1.54, 1.807) is 6.26 Å². The molecular formula is C10H14N2O3. The highest BCUT2D eigenvalue weighted by Crippen LogP contribution is 2.27. The lowest BCUT2D eigenvalue weighted by Crippen LogP contribution is -2.38. The lowest BCUT2D eigenvalue weighted by molar-refractivity contribution is -0.137. The third kappa shape index (κ3) is 2.56. The van der Waals surface area contributed by atoms with E-state index in [0.717, 1.165) is 25.1 Å². The van der Waals surface area contributed by atoms with E-state index in [2.05, 4.69) is 10.3 Å². The summed E-state index contributed by atoms with van der Waals surface area (Å²) < 4.78 is 4.94. The van der Waals surface area contributed by atoms with Gasteiger partial charge in [0.2, 0.25) is 0 Å². The molecule has 1 aromatic rings. The Morgan fingerprint density at radius 1 is 1.73 bits per heavy atom. The molecule has 0 radical (unpaired) electrons. The number of oxazole rings is 1. The second-order valence-corrected chi connectivity index (χ2v) is 3.88. The normalized spacial score (nSPS) is 26.4. The molecule has 2 atom stereocenters. The quantitative estimate of drug-likeness (QED) is 0.778. The van der Waals surface area contributed by atoms with Gasteiger partial charge in [0, 0.05) is 12.0 Å². The molecule has 0 bridgehead atoms. The maximum absolute atomic E-state index is 10.6. The van der Waals surface area contributed by atoms with Gasteiger partial charge < -0.3 is 14.8 Å². The van der Waals surface area contributed by atoms with Crippen molar-refractivity contribution in [3.63, 3.8) is 0 Å². The molecule has 0 aromatic carbocycles. The van der Waals surface area contributed by atoms with Gasteiger partial charge in [-0.15, -0.1) is 0 Å². The van der Waals surface area contributed by atoms with Crippen molar-refractivity contribution in [3.05, 3.63) is 18.4 Å². The summed E-state index contributed by atoms with van der Waals surface area (Å²) in [5, 5.41) is 11.9. The van der Waals surface area contributed by atoms with Crippen LogP contribution in [0.25, 0.3) is 0 Å². The average molecular weight is 210 g/mol. The SMILES string of the molecule is O=C(O)CC1CC(c2cocn2)CCN1. The first-order chi connectivity index (χ1) is 7.25. The van der Waals surface area contributed by atoms with Crippen molar-refractivity contribution in [2.24, 2.45) is 0 Å². The Labute approximate surface area is 87.5 Å². The van der Waals surface area contributed by atoms with Gasteiger partial charge >= 0.3 is 5.97 Å². The van der Waals surface area contributed by atoms with E-state index < -0.39 is 5.97 Å². The van der Waals surface area contributed by atoms with Gasteiger partial charge in [0.1, 0.15) is 6.26 Å². The number of aliphatic carboxylic acids is 1. The molecule has 82 valence electrons. The first-order valence-electron chi connectivity index (χ1n) is 5.09. The molecule has 0 amide bonds. The van der Waals surface area contributed by atoms with Gasteiger partial charge in [0.25, 0.3) is 0 Å². The van der Waals surface area contributed by atoms with Gasteiger partial charge in [-0.1, -0.05) is 0 Å². The summed E-state index contributed by atoms with van der Waals surface area (Å²) in [5.41, 5.74) is 0.937. The summed E-state index contributed by atoms with van der Waals surface area (Å²) in [5.74, 6) is -0.428. The highest BCUT2D eigenvalue weighted by atomic mass is 16.4. The van der Waals surface area contributed by atoms with Crippen LogP contribution >= 0.6 is 0 Å². The summed E-state index contributed by atoms with van der Waals surface area (Å²) in [6.07, 6.45) is 5.05. The fraction of sp³-hybridized carbons (Fsp3) is 0.600. The number of hydrogen-bond acceptors (Lipinski definition) is 4. The first kappa shape index (κ1) is 10.2. The van der Waals surface area contributed by atoms with Gasteiger partial charge in [-0.05, 0) is 19.4 Å². The second kappa shape index (κ2) is 4.44. The monoisotopic (exact) mass is 210 g/mol. The van der Waals surface area contributed by atoms with Gasteiger partial charge in [-0.3, -0.25) is 4.79 Å². The van der Waals surface area contributed by atoms with E-state index in [-0.39, 0.29) is 12.5 Å². The van der Waals surface area contributed by atoms with E-state index in [0.29, 0.717) is 5.92 Å². The molecule has 1 fully saturated rings. The number of nitrogens with zero attached hydrogens (tertiary/aromatic N) is 1. The smallest absolute Gasteiger partial charge is 0.304 e. The van der Waals surface area contributed by atoms with Crippen LogP contribution in [0.1, 0.15) is 30.9 Å². The predicted molar refractivity (Wildman–Crippen MR) is 52.5 cm³/mol. The van der Waals surface area contributed by atoms with Crippen molar-refractivity contribution in [1.82, 2.24) is 10.3 Å². The maximum Gasteiger partial charge on any atom is 0.304 e. The van der Waals surface area contributed by atoms with Crippen LogP contribution in [0, 0.1) is 0 Å². The number of piperidine rings is 1. The summed E-state index contributed by atoms with van der Waals surface area (Å²) in [6.45, 7) is 0.843. The number of carboxylic acids is 1. The number of carboxylic acid groups (broad SMARTS) is 1. The molecule has 2 heterocycles. The van der Waals surface area contributed by atoms with Gasteiger partial charge in [0.15, 0.2) is 6.39 Å². The third-order valence-electron chi connectivity index (χ3n) is 2.79. The molecule has 1 saturated heterocycles. The van der Waals surface area contributed by atoms with Crippen molar-refractivity contribution in [1.29, 1.82) is 0 Å². The molecule has 15 heavy (non-hydrogen) atoms. The molecule has 1 aliphatic heterocycles. The summed E-state index contributed by atoms with van der Waals surface area (Å²) in [6, 6.07) is 0.0537. The van der Waals surface area contributed by atoms with Crippen molar-refractivity contribution < 1.29 is 14.3 Å². The second-order valence-electron chi connectivity index (χ2n) is 3.88. The zero-order valence-electron chi connectivity index (χ0n) is 8.35. The van der Waals surface area contributed by atoms with Crippen LogP contribution < -0.4 is 5.32 Å². The molecule has 2 unspecified atom stereocenters. The number of nitrogens with one attached hydrogen (secondary N) is 1. The van der Waals surface area contributed by atoms with E-state index >= 15 is 0 Å². The number of aromatic nitrogens is 1. The fourth-order valence-corrected chi connectivity index (χ4v) is 2.06. The summed E-state index contributed by atoms with van der Waals surface area (Å²) >= 11 is 0. The van der Waals surface area contributed by atoms with Crippen LogP contribution in [0.5, 0.6) is 0 Å². The molecule has 0 saturated carbocycles. The van der Waals surface area contributed by atoms with Crippen LogP contribution in [-0.2, 0) is 4.79 Å². The lowest BCUT2D eigenvalue weighted by atomic mass is 9.89. The Kier molecular flexibility index (Phi) is 3.01. The standard InChI is InChI=1S/C10H14N2O3/c13-10(14)4-8-3-7(1-2-11-8)9-5-15-6-12-9/h5-8,11H,1-4H2,(H,13,14). The molecule has 0 aliphatic carbocycles. The highest BCUT2D eigenvalue weighted by Gasteiger charge is 2.25. The van der Waals surface area contributed by atoms with Crippen LogP contribution in [-0.4, -0.2) is 28.6 Å². The first-order valence-corrected chi connectivity index (χ1v) is 5.09. The van der Waals surface area contributed by atoms with Crippen LogP contribution in [0.2, 0.25) is 0 Å². The molecule has 5 heteroatoms. The van der Waals surface area contributed by atoms with Crippen molar-refractivity contribution >= 4 is 5.97 Å². The lowest BCUT2D eigenvalue weighted by Gasteiger charge is -2.28. The molecule has 0 spiro atoms. The molecule has 2 rings (SSSR count). The van der Waals surface area contributed by atoms with Crippen LogP contribution in [0.4, 0.5) is 0 Å². The van der Waals surface area contributed by atoms with Crippen molar-refractivity contribution in [2.45, 2.75) is 31.2 Å². The minimum atomic E-state index is -0.756. The number of carbonyl (C=O) groups is 1. The molecular weight excluding hydrogens is 196 g/mol. The van der Waals surface area contributed by atoms with E-state index in [1.165, 1.54) is 6.39 Å². The van der Waals surface area contributed by atoms with Gasteiger partial charge in [-0.2, -0.15) is 0 Å². The Morgan fingerprint density at radius 2 is 2.60 bits per heavy atom. The molecule has 2 N–H and O–H groups in total. The van der Waals surface area contributed by atoms with E-state index in [4.69, 9.17) is 9.52 Å². The van der Waals surface area contributed by atoms with Gasteiger partial charge in [-0.25, -0.2) is 4.98 Å². The molecule has 5 nitrogen and oxygen atoms in total. The third-order valence-corrected chi connectivity index (χ3v) is 2.79. The topological polar surface area (TPSA) is 75.4 Å². The number of hydrogen-bond donors (Lipinski definition) is 2. The van der Waals surface area contributed by atoms with Crippen molar-refractivity contribution in [2.75, 3.05) is 6.54 Å². The van der Waals surface area contributed by atoms with Crippen LogP contribution in [0.15, 0.2) is 17.1 Å². The predicted octanol–water partition coefficient (Wildman–Crippen LogP) is 0.985. The van der Waals surface area contributed by atoms with E-state index in [1.807, 2.05) is 0 Å². The maximum atomic E-state index is 10.6. The summed E-state index contributed by atoms with van der Waals surface area (Å²) in [7, 11) is 0. The molecule has 1 aromatic heterocycles. The Hall–Kier alpha value is -1.36.